The minimum Gasteiger partial charge on any atom is -0.347 e. The summed E-state index contributed by atoms with van der Waals surface area (Å²) in [6.45, 7) is 2.56. The standard InChI is InChI=1S/C17H21ClN2O4/c18-14-3-1-13(2-4-14)5-8-19-15(21)16(22)20-9-6-17(7-10-20)23-11-12-24-17/h1-4H,5-12H2,(H,19,21). The third-order valence-corrected chi connectivity index (χ3v) is 4.68. The van der Waals surface area contributed by atoms with Crippen molar-refractivity contribution in [2.45, 2.75) is 25.0 Å². The SMILES string of the molecule is O=C(NCCc1ccc(Cl)cc1)C(=O)N1CCC2(CC1)OCCO2. The summed E-state index contributed by atoms with van der Waals surface area (Å²) in [5.41, 5.74) is 1.06. The van der Waals surface area contributed by atoms with Crippen LogP contribution < -0.4 is 5.32 Å². The summed E-state index contributed by atoms with van der Waals surface area (Å²) >= 11 is 5.83. The maximum Gasteiger partial charge on any atom is 0.311 e. The Morgan fingerprint density at radius 3 is 2.38 bits per heavy atom. The number of ether oxygens (including phenoxy) is 2. The summed E-state index contributed by atoms with van der Waals surface area (Å²) < 4.78 is 11.2. The van der Waals surface area contributed by atoms with Crippen molar-refractivity contribution >= 4 is 23.4 Å². The van der Waals surface area contributed by atoms with Crippen LogP contribution >= 0.6 is 11.6 Å². The van der Waals surface area contributed by atoms with Crippen LogP contribution in [0.2, 0.25) is 5.02 Å². The van der Waals surface area contributed by atoms with Crippen LogP contribution in [0.3, 0.4) is 0 Å². The maximum absolute atomic E-state index is 12.2. The number of carbonyl (C=O) groups excluding carboxylic acids is 2. The Morgan fingerprint density at radius 2 is 1.75 bits per heavy atom. The molecule has 2 aliphatic rings. The Balaban J connectivity index is 1.42. The highest BCUT2D eigenvalue weighted by Gasteiger charge is 2.41. The van der Waals surface area contributed by atoms with E-state index in [1.54, 1.807) is 17.0 Å². The molecule has 0 bridgehead atoms. The molecule has 6 nitrogen and oxygen atoms in total. The van der Waals surface area contributed by atoms with Gasteiger partial charge in [-0.05, 0) is 24.1 Å². The van der Waals surface area contributed by atoms with Crippen molar-refractivity contribution in [1.82, 2.24) is 10.2 Å². The third kappa shape index (κ3) is 4.06. The predicted octanol–water partition coefficient (Wildman–Crippen LogP) is 1.36. The van der Waals surface area contributed by atoms with Crippen molar-refractivity contribution in [3.63, 3.8) is 0 Å². The van der Waals surface area contributed by atoms with Gasteiger partial charge in [-0.25, -0.2) is 0 Å². The number of benzene rings is 1. The first kappa shape index (κ1) is 17.2. The Bertz CT molecular complexity index is 589. The van der Waals surface area contributed by atoms with Gasteiger partial charge in [-0.1, -0.05) is 23.7 Å². The number of rotatable bonds is 3. The molecule has 1 spiro atoms. The van der Waals surface area contributed by atoms with Crippen LogP contribution in [-0.4, -0.2) is 55.3 Å². The van der Waals surface area contributed by atoms with E-state index >= 15 is 0 Å². The molecular formula is C17H21ClN2O4. The van der Waals surface area contributed by atoms with Crippen molar-refractivity contribution in [3.8, 4) is 0 Å². The second kappa shape index (κ2) is 7.51. The molecule has 1 aromatic carbocycles. The number of carbonyl (C=O) groups is 2. The fourth-order valence-electron chi connectivity index (χ4n) is 3.03. The van der Waals surface area contributed by atoms with E-state index in [1.807, 2.05) is 12.1 Å². The average Bonchev–Trinajstić information content (AvgIpc) is 3.05. The lowest BCUT2D eigenvalue weighted by molar-refractivity contribution is -0.188. The van der Waals surface area contributed by atoms with Crippen LogP contribution in [0, 0.1) is 0 Å². The second-order valence-electron chi connectivity index (χ2n) is 6.03. The smallest absolute Gasteiger partial charge is 0.311 e. The molecule has 3 rings (SSSR count). The van der Waals surface area contributed by atoms with Gasteiger partial charge in [0.2, 0.25) is 0 Å². The van der Waals surface area contributed by atoms with E-state index in [2.05, 4.69) is 5.32 Å². The molecule has 2 saturated heterocycles. The normalized spacial score (nSPS) is 19.5. The zero-order chi connectivity index (χ0) is 17.0. The summed E-state index contributed by atoms with van der Waals surface area (Å²) in [5.74, 6) is -1.59. The Morgan fingerprint density at radius 1 is 1.12 bits per heavy atom. The first-order valence-corrected chi connectivity index (χ1v) is 8.55. The number of halogens is 1. The molecule has 0 saturated carbocycles. The molecule has 2 heterocycles. The number of amides is 2. The Labute approximate surface area is 146 Å². The first-order chi connectivity index (χ1) is 11.6. The molecule has 0 unspecified atom stereocenters. The molecule has 7 heteroatoms. The van der Waals surface area contributed by atoms with Crippen molar-refractivity contribution < 1.29 is 19.1 Å². The number of likely N-dealkylation sites (tertiary alicyclic amines) is 1. The maximum atomic E-state index is 12.2. The van der Waals surface area contributed by atoms with Crippen LogP contribution in [0.25, 0.3) is 0 Å². The van der Waals surface area contributed by atoms with Gasteiger partial charge < -0.3 is 19.7 Å². The summed E-state index contributed by atoms with van der Waals surface area (Å²) in [6, 6.07) is 7.42. The lowest BCUT2D eigenvalue weighted by Crippen LogP contribution is -2.51. The molecule has 1 aromatic rings. The molecule has 2 aliphatic heterocycles. The summed E-state index contributed by atoms with van der Waals surface area (Å²) in [7, 11) is 0. The number of hydrogen-bond acceptors (Lipinski definition) is 4. The largest absolute Gasteiger partial charge is 0.347 e. The van der Waals surface area contributed by atoms with E-state index in [0.29, 0.717) is 57.1 Å². The highest BCUT2D eigenvalue weighted by atomic mass is 35.5. The highest BCUT2D eigenvalue weighted by molar-refractivity contribution is 6.35. The van der Waals surface area contributed by atoms with Crippen molar-refractivity contribution in [2.75, 3.05) is 32.8 Å². The van der Waals surface area contributed by atoms with Crippen LogP contribution in [0.4, 0.5) is 0 Å². The van der Waals surface area contributed by atoms with Gasteiger partial charge in [0, 0.05) is 37.5 Å². The van der Waals surface area contributed by atoms with E-state index in [-0.39, 0.29) is 0 Å². The van der Waals surface area contributed by atoms with Crippen LogP contribution in [0.5, 0.6) is 0 Å². The number of nitrogens with one attached hydrogen (secondary N) is 1. The van der Waals surface area contributed by atoms with Gasteiger partial charge in [0.25, 0.3) is 0 Å². The molecule has 24 heavy (non-hydrogen) atoms. The van der Waals surface area contributed by atoms with Crippen molar-refractivity contribution in [3.05, 3.63) is 34.9 Å². The quantitative estimate of drug-likeness (QED) is 0.834. The molecule has 0 radical (unpaired) electrons. The van der Waals surface area contributed by atoms with Gasteiger partial charge in [-0.15, -0.1) is 0 Å². The molecular weight excluding hydrogens is 332 g/mol. The summed E-state index contributed by atoms with van der Waals surface area (Å²) in [5, 5.41) is 3.36. The van der Waals surface area contributed by atoms with Gasteiger partial charge in [0.1, 0.15) is 0 Å². The Hall–Kier alpha value is -1.63. The monoisotopic (exact) mass is 352 g/mol. The van der Waals surface area contributed by atoms with E-state index in [1.165, 1.54) is 0 Å². The number of nitrogens with zero attached hydrogens (tertiary/aromatic N) is 1. The fourth-order valence-corrected chi connectivity index (χ4v) is 3.15. The molecule has 2 amide bonds. The van der Waals surface area contributed by atoms with Gasteiger partial charge in [0.15, 0.2) is 5.79 Å². The van der Waals surface area contributed by atoms with E-state index in [9.17, 15) is 9.59 Å². The zero-order valence-corrected chi connectivity index (χ0v) is 14.2. The van der Waals surface area contributed by atoms with Gasteiger partial charge in [-0.2, -0.15) is 0 Å². The minimum absolute atomic E-state index is 0.413. The molecule has 0 atom stereocenters. The van der Waals surface area contributed by atoms with Crippen molar-refractivity contribution in [1.29, 1.82) is 0 Å². The summed E-state index contributed by atoms with van der Waals surface area (Å²) in [6.07, 6.45) is 1.87. The summed E-state index contributed by atoms with van der Waals surface area (Å²) in [4.78, 5) is 25.8. The molecule has 0 aliphatic carbocycles. The van der Waals surface area contributed by atoms with Crippen LogP contribution in [-0.2, 0) is 25.5 Å². The van der Waals surface area contributed by atoms with Crippen LogP contribution in [0.1, 0.15) is 18.4 Å². The molecule has 1 N–H and O–H groups in total. The van der Waals surface area contributed by atoms with Crippen molar-refractivity contribution in [2.24, 2.45) is 0 Å². The number of piperidine rings is 1. The first-order valence-electron chi connectivity index (χ1n) is 8.17. The van der Waals surface area contributed by atoms with Gasteiger partial charge >= 0.3 is 11.8 Å². The lowest BCUT2D eigenvalue weighted by atomic mass is 10.0. The fraction of sp³-hybridized carbons (Fsp3) is 0.529. The molecule has 130 valence electrons. The molecule has 0 aromatic heterocycles. The third-order valence-electron chi connectivity index (χ3n) is 4.43. The Kier molecular flexibility index (Phi) is 5.38. The topological polar surface area (TPSA) is 67.9 Å². The highest BCUT2D eigenvalue weighted by Crippen LogP contribution is 2.31. The molecule has 2 fully saturated rings. The zero-order valence-electron chi connectivity index (χ0n) is 13.4. The second-order valence-corrected chi connectivity index (χ2v) is 6.47. The van der Waals surface area contributed by atoms with E-state index < -0.39 is 17.6 Å². The van der Waals surface area contributed by atoms with Gasteiger partial charge in [-0.3, -0.25) is 9.59 Å². The number of hydrogen-bond donors (Lipinski definition) is 1. The van der Waals surface area contributed by atoms with E-state index in [4.69, 9.17) is 21.1 Å². The van der Waals surface area contributed by atoms with E-state index in [0.717, 1.165) is 5.56 Å². The lowest BCUT2D eigenvalue weighted by Gasteiger charge is -2.37. The minimum atomic E-state index is -0.562. The van der Waals surface area contributed by atoms with Gasteiger partial charge in [0.05, 0.1) is 13.2 Å². The predicted molar refractivity (Wildman–Crippen MR) is 88.6 cm³/mol. The average molecular weight is 353 g/mol. The van der Waals surface area contributed by atoms with Crippen LogP contribution in [0.15, 0.2) is 24.3 Å².